The fourth-order valence-electron chi connectivity index (χ4n) is 12.1. The van der Waals surface area contributed by atoms with Crippen LogP contribution in [0.3, 0.4) is 0 Å². The Morgan fingerprint density at radius 2 is 0.897 bits per heavy atom. The molecular formula is C68H36F3N7. The molecule has 0 fully saturated rings. The number of aromatic nitrogens is 2. The van der Waals surface area contributed by atoms with Gasteiger partial charge in [0.05, 0.1) is 87.4 Å². The van der Waals surface area contributed by atoms with Gasteiger partial charge in [0.2, 0.25) is 0 Å². The topological polar surface area (TPSA) is 70.5 Å². The molecule has 0 saturated heterocycles. The van der Waals surface area contributed by atoms with Gasteiger partial charge in [0.15, 0.2) is 17.1 Å². The minimum atomic E-state index is -4.68. The minimum absolute atomic E-state index is 0.124. The number of para-hydroxylation sites is 3. The smallest absolute Gasteiger partial charge is 0.307 e. The van der Waals surface area contributed by atoms with Crippen LogP contribution in [0.15, 0.2) is 200 Å². The summed E-state index contributed by atoms with van der Waals surface area (Å²) in [5.41, 5.74) is 9.93. The Balaban J connectivity index is 1.30. The van der Waals surface area contributed by atoms with Gasteiger partial charge in [-0.05, 0) is 117 Å². The summed E-state index contributed by atoms with van der Waals surface area (Å²) in [6, 6.07) is 66.4. The molecule has 4 bridgehead atoms. The van der Waals surface area contributed by atoms with E-state index in [1.165, 1.54) is 0 Å². The largest absolute Gasteiger partial charge is 0.416 e. The second-order valence-corrected chi connectivity index (χ2v) is 19.5. The van der Waals surface area contributed by atoms with E-state index >= 15 is 0 Å². The predicted octanol–water partition coefficient (Wildman–Crippen LogP) is 18.3. The van der Waals surface area contributed by atoms with E-state index in [0.717, 1.165) is 55.9 Å². The fraction of sp³-hybridized carbons (Fsp3) is 0.0441. The lowest BCUT2D eigenvalue weighted by molar-refractivity contribution is -0.137. The Bertz CT molecular complexity index is 4770. The molecule has 2 aromatic heterocycles. The van der Waals surface area contributed by atoms with Crippen LogP contribution < -0.4 is 0 Å². The van der Waals surface area contributed by atoms with Crippen molar-refractivity contribution in [1.29, 1.82) is 10.5 Å². The molecule has 13 rings (SSSR count). The molecule has 0 spiro atoms. The molecule has 0 unspecified atom stereocenters. The maximum Gasteiger partial charge on any atom is 0.416 e. The number of fused-ring (bicyclic) bond motifs is 11. The van der Waals surface area contributed by atoms with Gasteiger partial charge >= 0.3 is 6.18 Å². The summed E-state index contributed by atoms with van der Waals surface area (Å²) in [4.78, 5) is 12.2. The summed E-state index contributed by atoms with van der Waals surface area (Å²) < 4.78 is 48.6. The Labute approximate surface area is 445 Å². The lowest BCUT2D eigenvalue weighted by atomic mass is 9.64. The van der Waals surface area contributed by atoms with Crippen molar-refractivity contribution in [2.45, 2.75) is 18.5 Å². The SMILES string of the molecule is [C-]#[N+]c1ccccc1-c1ccc2c3ccc4cc3n(c2c1)-c1cc(C#N)c(-c2cc(C)cc(C(F)(F)F)c2)cc1-n1c2cc(-c3ccccc3C#N)ccc2c2ccc(cc21)C4(c1ccccc1[N+]#[C-])c1ccccc1[N+]#[C-]. The monoisotopic (exact) mass is 1010 g/mol. The highest BCUT2D eigenvalue weighted by Gasteiger charge is 2.43. The van der Waals surface area contributed by atoms with Crippen molar-refractivity contribution < 1.29 is 13.2 Å². The minimum Gasteiger partial charge on any atom is -0.307 e. The molecule has 12 aromatic rings. The normalized spacial score (nSPS) is 12.4. The Hall–Kier alpha value is -11.0. The van der Waals surface area contributed by atoms with Crippen LogP contribution in [-0.2, 0) is 11.6 Å². The van der Waals surface area contributed by atoms with E-state index in [9.17, 15) is 23.7 Å². The summed E-state index contributed by atoms with van der Waals surface area (Å²) in [6.07, 6.45) is -4.68. The number of aryl methyl sites for hydroxylation is 1. The van der Waals surface area contributed by atoms with E-state index in [1.807, 2.05) is 115 Å². The van der Waals surface area contributed by atoms with Crippen LogP contribution in [0.25, 0.3) is 103 Å². The molecule has 0 saturated carbocycles. The Kier molecular flexibility index (Phi) is 10.6. The maximum atomic E-state index is 14.8. The summed E-state index contributed by atoms with van der Waals surface area (Å²) in [5, 5.41) is 25.0. The van der Waals surface area contributed by atoms with Gasteiger partial charge in [0.1, 0.15) is 0 Å². The lowest BCUT2D eigenvalue weighted by Gasteiger charge is -2.38. The maximum absolute atomic E-state index is 14.8. The van der Waals surface area contributed by atoms with Crippen LogP contribution in [0, 0.1) is 49.3 Å². The molecule has 7 nitrogen and oxygen atoms in total. The van der Waals surface area contributed by atoms with Crippen LogP contribution in [-0.4, -0.2) is 9.13 Å². The zero-order chi connectivity index (χ0) is 53.6. The van der Waals surface area contributed by atoms with Crippen molar-refractivity contribution in [3.05, 3.63) is 279 Å². The summed E-state index contributed by atoms with van der Waals surface area (Å²) in [5.74, 6) is 0. The van der Waals surface area contributed by atoms with Crippen LogP contribution in [0.2, 0.25) is 0 Å². The number of halogens is 3. The van der Waals surface area contributed by atoms with Crippen LogP contribution in [0.5, 0.6) is 0 Å². The molecule has 3 heterocycles. The molecule has 1 aliphatic rings. The lowest BCUT2D eigenvalue weighted by Crippen LogP contribution is -2.31. The highest BCUT2D eigenvalue weighted by molar-refractivity contribution is 6.14. The van der Waals surface area contributed by atoms with Gasteiger partial charge in [0, 0.05) is 27.1 Å². The fourth-order valence-corrected chi connectivity index (χ4v) is 12.1. The first-order chi connectivity index (χ1) is 38.0. The highest BCUT2D eigenvalue weighted by Crippen LogP contribution is 2.54. The van der Waals surface area contributed by atoms with Crippen molar-refractivity contribution in [1.82, 2.24) is 9.13 Å². The van der Waals surface area contributed by atoms with Gasteiger partial charge in [-0.2, -0.15) is 23.7 Å². The molecule has 10 heteroatoms. The molecule has 0 radical (unpaired) electrons. The molecule has 0 atom stereocenters. The van der Waals surface area contributed by atoms with Gasteiger partial charge in [-0.3, -0.25) is 0 Å². The van der Waals surface area contributed by atoms with E-state index in [4.69, 9.17) is 19.7 Å². The van der Waals surface area contributed by atoms with Crippen LogP contribution in [0.1, 0.15) is 44.5 Å². The van der Waals surface area contributed by atoms with Crippen molar-refractivity contribution >= 4 is 60.7 Å². The van der Waals surface area contributed by atoms with Crippen molar-refractivity contribution in [2.75, 3.05) is 0 Å². The predicted molar refractivity (Wildman–Crippen MR) is 301 cm³/mol. The van der Waals surface area contributed by atoms with Gasteiger partial charge in [-0.1, -0.05) is 146 Å². The number of nitrogens with zero attached hydrogens (tertiary/aromatic N) is 7. The molecule has 78 heavy (non-hydrogen) atoms. The van der Waals surface area contributed by atoms with Gasteiger partial charge < -0.3 is 9.13 Å². The van der Waals surface area contributed by atoms with Crippen molar-refractivity contribution in [2.24, 2.45) is 0 Å². The van der Waals surface area contributed by atoms with Crippen LogP contribution in [0.4, 0.5) is 30.2 Å². The van der Waals surface area contributed by atoms with E-state index in [-0.39, 0.29) is 16.7 Å². The molecule has 364 valence electrons. The number of alkyl halides is 3. The van der Waals surface area contributed by atoms with E-state index in [0.29, 0.717) is 83.9 Å². The first kappa shape index (κ1) is 46.8. The first-order valence-electron chi connectivity index (χ1n) is 24.8. The number of hydrogen-bond donors (Lipinski definition) is 0. The summed E-state index contributed by atoms with van der Waals surface area (Å²) in [6.45, 7) is 27.1. The highest BCUT2D eigenvalue weighted by atomic mass is 19.4. The van der Waals surface area contributed by atoms with E-state index in [2.05, 4.69) is 72.2 Å². The number of benzene rings is 10. The molecule has 10 aromatic carbocycles. The zero-order valence-electron chi connectivity index (χ0n) is 41.3. The third kappa shape index (κ3) is 6.87. The van der Waals surface area contributed by atoms with Gasteiger partial charge in [0.25, 0.3) is 0 Å². The van der Waals surface area contributed by atoms with E-state index < -0.39 is 17.2 Å². The summed E-state index contributed by atoms with van der Waals surface area (Å²) in [7, 11) is 0. The van der Waals surface area contributed by atoms with Crippen molar-refractivity contribution in [3.63, 3.8) is 0 Å². The third-order valence-corrected chi connectivity index (χ3v) is 15.4. The standard InChI is InChI=1S/C68H36F3N7/c1-40-29-44(31-48(30-40)68(69,70)71)55-37-66-65(34-45(55)39-73)77-62-33-42(50-15-7-10-18-58(50)74-2)22-26-52(62)53-27-23-46(35-63(53)77)67(56-16-8-11-19-59(56)75-3,57-17-9-12-20-60(57)76-4)47-24-28-54-51-25-21-41(32-61(51)78(66)64(54)36-47)49-14-6-5-13-43(49)38-72/h5-37H,1H3. The summed E-state index contributed by atoms with van der Waals surface area (Å²) >= 11 is 0. The Morgan fingerprint density at radius 3 is 1.44 bits per heavy atom. The zero-order valence-corrected chi connectivity index (χ0v) is 41.3. The van der Waals surface area contributed by atoms with Gasteiger partial charge in [-0.25, -0.2) is 14.5 Å². The third-order valence-electron chi connectivity index (χ3n) is 15.4. The number of rotatable bonds is 5. The van der Waals surface area contributed by atoms with Gasteiger partial charge in [-0.15, -0.1) is 0 Å². The quantitative estimate of drug-likeness (QED) is 0.161. The van der Waals surface area contributed by atoms with Crippen LogP contribution >= 0.6 is 0 Å². The Morgan fingerprint density at radius 1 is 0.436 bits per heavy atom. The molecule has 0 N–H and O–H groups in total. The number of hydrogen-bond acceptors (Lipinski definition) is 2. The van der Waals surface area contributed by atoms with E-state index in [1.54, 1.807) is 43.3 Å². The average Bonchev–Trinajstić information content (AvgIpc) is 3.68. The molecular weight excluding hydrogens is 972 g/mol. The first-order valence-corrected chi connectivity index (χ1v) is 24.8. The van der Waals surface area contributed by atoms with Crippen molar-refractivity contribution in [3.8, 4) is 56.9 Å². The molecule has 0 aliphatic carbocycles. The average molecular weight is 1010 g/mol. The molecule has 1 aliphatic heterocycles. The number of nitriles is 2. The molecule has 0 amide bonds. The second-order valence-electron chi connectivity index (χ2n) is 19.5. The second kappa shape index (κ2) is 17.6.